The molecular weight excluding hydrogens is 635 g/mol. The maximum absolute atomic E-state index is 14.3. The highest BCUT2D eigenvalue weighted by molar-refractivity contribution is 7.52. The fourth-order valence-electron chi connectivity index (χ4n) is 4.70. The number of nitrogens with zero attached hydrogens (tertiary/aromatic N) is 4. The van der Waals surface area contributed by atoms with Crippen LogP contribution in [-0.2, 0) is 42.4 Å². The van der Waals surface area contributed by atoms with Crippen LogP contribution in [0, 0.1) is 11.3 Å². The number of carbonyl (C=O) groups excluding carboxylic acids is 3. The van der Waals surface area contributed by atoms with Gasteiger partial charge in [-0.25, -0.2) is 14.1 Å². The Morgan fingerprint density at radius 3 is 2.43 bits per heavy atom. The smallest absolute Gasteiger partial charge is 0.459 e. The van der Waals surface area contributed by atoms with Gasteiger partial charge in [0.15, 0.2) is 18.0 Å². The SMILES string of the molecule is CCC(=O)O[C@H]1[C@H](c2ccc3c(N)ncnn23)O[C@](C#N)(CO[P@@](=O)(NC(C)C(=O)OC(C)C)Oc2ccccc2)[C@H]1OC(=O)CC. The van der Waals surface area contributed by atoms with E-state index in [-0.39, 0.29) is 30.1 Å². The van der Waals surface area contributed by atoms with Crippen molar-refractivity contribution >= 4 is 37.0 Å². The van der Waals surface area contributed by atoms with E-state index in [2.05, 4.69) is 15.2 Å². The number of anilines is 1. The summed E-state index contributed by atoms with van der Waals surface area (Å²) in [4.78, 5) is 42.0. The number of hydrogen-bond donors (Lipinski definition) is 2. The van der Waals surface area contributed by atoms with E-state index in [4.69, 9.17) is 33.7 Å². The first kappa shape index (κ1) is 35.3. The third-order valence-corrected chi connectivity index (χ3v) is 8.59. The number of nitrogens with one attached hydrogen (secondary N) is 1. The Bertz CT molecular complexity index is 1680. The predicted octanol–water partition coefficient (Wildman–Crippen LogP) is 3.42. The molecule has 4 rings (SSSR count). The van der Waals surface area contributed by atoms with Crippen LogP contribution in [0.25, 0.3) is 5.52 Å². The van der Waals surface area contributed by atoms with Crippen molar-refractivity contribution in [1.29, 1.82) is 5.26 Å². The van der Waals surface area contributed by atoms with Gasteiger partial charge in [-0.2, -0.15) is 15.4 Å². The second-order valence-corrected chi connectivity index (χ2v) is 12.5. The molecule has 17 heteroatoms. The summed E-state index contributed by atoms with van der Waals surface area (Å²) in [7, 11) is -4.52. The minimum atomic E-state index is -4.52. The van der Waals surface area contributed by atoms with E-state index >= 15 is 0 Å². The Kier molecular flexibility index (Phi) is 11.2. The van der Waals surface area contributed by atoms with Crippen LogP contribution < -0.4 is 15.3 Å². The van der Waals surface area contributed by atoms with Gasteiger partial charge < -0.3 is 29.2 Å². The van der Waals surface area contributed by atoms with Crippen LogP contribution in [0.3, 0.4) is 0 Å². The number of nitriles is 1. The lowest BCUT2D eigenvalue weighted by molar-refractivity contribution is -0.169. The van der Waals surface area contributed by atoms with Crippen LogP contribution in [0.5, 0.6) is 5.75 Å². The fraction of sp³-hybridized carbons (Fsp3) is 0.467. The summed E-state index contributed by atoms with van der Waals surface area (Å²) < 4.78 is 50.1. The summed E-state index contributed by atoms with van der Waals surface area (Å²) >= 11 is 0. The number of carbonyl (C=O) groups is 3. The Morgan fingerprint density at radius 1 is 1.11 bits per heavy atom. The zero-order valence-electron chi connectivity index (χ0n) is 26.5. The summed E-state index contributed by atoms with van der Waals surface area (Å²) in [6, 6.07) is 12.0. The molecule has 0 spiro atoms. The van der Waals surface area contributed by atoms with Crippen molar-refractivity contribution in [3.63, 3.8) is 0 Å². The largest absolute Gasteiger partial charge is 0.462 e. The summed E-state index contributed by atoms with van der Waals surface area (Å²) in [6.07, 6.45) is -3.64. The van der Waals surface area contributed by atoms with E-state index in [1.54, 1.807) is 51.1 Å². The van der Waals surface area contributed by atoms with Gasteiger partial charge in [-0.3, -0.25) is 18.9 Å². The molecule has 0 bridgehead atoms. The average Bonchev–Trinajstić information content (AvgIpc) is 3.60. The lowest BCUT2D eigenvalue weighted by Crippen LogP contribution is -2.49. The summed E-state index contributed by atoms with van der Waals surface area (Å²) in [6.45, 7) is 6.96. The van der Waals surface area contributed by atoms with Gasteiger partial charge in [-0.05, 0) is 45.0 Å². The zero-order chi connectivity index (χ0) is 34.4. The Labute approximate surface area is 271 Å². The third-order valence-electron chi connectivity index (χ3n) is 6.96. The zero-order valence-corrected chi connectivity index (χ0v) is 27.4. The van der Waals surface area contributed by atoms with Gasteiger partial charge in [0.25, 0.3) is 0 Å². The lowest BCUT2D eigenvalue weighted by Gasteiger charge is -2.30. The Hall–Kier alpha value is -4.55. The van der Waals surface area contributed by atoms with E-state index in [0.29, 0.717) is 5.52 Å². The number of fused-ring (bicyclic) bond motifs is 1. The minimum absolute atomic E-state index is 0.0495. The van der Waals surface area contributed by atoms with Gasteiger partial charge in [0.1, 0.15) is 42.4 Å². The number of rotatable bonds is 14. The molecule has 3 heterocycles. The normalized spacial score (nSPS) is 22.6. The molecule has 1 saturated heterocycles. The van der Waals surface area contributed by atoms with Gasteiger partial charge >= 0.3 is 25.7 Å². The molecule has 252 valence electrons. The molecule has 0 aliphatic carbocycles. The molecule has 0 amide bonds. The van der Waals surface area contributed by atoms with Gasteiger partial charge in [-0.15, -0.1) is 0 Å². The van der Waals surface area contributed by atoms with E-state index in [9.17, 15) is 24.2 Å². The fourth-order valence-corrected chi connectivity index (χ4v) is 6.22. The maximum Gasteiger partial charge on any atom is 0.459 e. The summed E-state index contributed by atoms with van der Waals surface area (Å²) in [5.41, 5.74) is 4.47. The van der Waals surface area contributed by atoms with Gasteiger partial charge in [-0.1, -0.05) is 32.0 Å². The number of nitrogens with two attached hydrogens (primary N) is 1. The first-order valence-corrected chi connectivity index (χ1v) is 16.4. The molecule has 1 unspecified atom stereocenters. The number of nitrogen functional groups attached to an aromatic ring is 1. The number of benzene rings is 1. The molecule has 1 fully saturated rings. The van der Waals surface area contributed by atoms with Crippen LogP contribution in [0.1, 0.15) is 59.3 Å². The molecule has 3 N–H and O–H groups in total. The minimum Gasteiger partial charge on any atom is -0.462 e. The van der Waals surface area contributed by atoms with Crippen LogP contribution >= 0.6 is 7.75 Å². The quantitative estimate of drug-likeness (QED) is 0.142. The second kappa shape index (κ2) is 14.9. The second-order valence-electron chi connectivity index (χ2n) is 10.8. The number of esters is 3. The summed E-state index contributed by atoms with van der Waals surface area (Å²) in [5.74, 6) is -1.90. The monoisotopic (exact) mass is 672 g/mol. The summed E-state index contributed by atoms with van der Waals surface area (Å²) in [5, 5.41) is 17.4. The molecule has 0 radical (unpaired) electrons. The standard InChI is InChI=1S/C30H37N6O10P/c1-6-23(37)43-26-25(21-13-14-22-28(32)33-17-34-36(21)22)45-30(15-31,27(26)44-24(38)7-2)16-41-47(40,46-20-11-9-8-10-12-20)35-19(5)29(39)42-18(3)4/h8-14,17-19,25-27H,6-7,16H2,1-5H3,(H,35,40)(H2,32,33,34)/t19?,25-,26-,27-,30+,47-/m0/s1. The van der Waals surface area contributed by atoms with Crippen molar-refractivity contribution in [2.75, 3.05) is 12.3 Å². The van der Waals surface area contributed by atoms with Crippen molar-refractivity contribution < 1.29 is 46.9 Å². The molecule has 16 nitrogen and oxygen atoms in total. The van der Waals surface area contributed by atoms with E-state index < -0.39 is 68.3 Å². The van der Waals surface area contributed by atoms with Crippen molar-refractivity contribution in [3.05, 3.63) is 54.5 Å². The van der Waals surface area contributed by atoms with E-state index in [1.165, 1.54) is 36.8 Å². The van der Waals surface area contributed by atoms with E-state index in [0.717, 1.165) is 0 Å². The van der Waals surface area contributed by atoms with Gasteiger partial charge in [0.2, 0.25) is 5.60 Å². The molecular formula is C30H37N6O10P. The highest BCUT2D eigenvalue weighted by Gasteiger charge is 2.62. The van der Waals surface area contributed by atoms with Crippen LogP contribution in [0.4, 0.5) is 5.82 Å². The Balaban J connectivity index is 1.77. The number of para-hydroxylation sites is 1. The third kappa shape index (κ3) is 8.06. The Morgan fingerprint density at radius 2 is 1.79 bits per heavy atom. The number of ether oxygens (including phenoxy) is 4. The molecule has 2 aromatic heterocycles. The number of hydrogen-bond acceptors (Lipinski definition) is 14. The van der Waals surface area contributed by atoms with Crippen LogP contribution in [0.15, 0.2) is 48.8 Å². The topological polar surface area (TPSA) is 216 Å². The van der Waals surface area contributed by atoms with Crippen molar-refractivity contribution in [2.24, 2.45) is 0 Å². The first-order valence-electron chi connectivity index (χ1n) is 14.9. The van der Waals surface area contributed by atoms with Crippen molar-refractivity contribution in [2.45, 2.75) is 83.5 Å². The molecule has 1 aromatic carbocycles. The maximum atomic E-state index is 14.3. The lowest BCUT2D eigenvalue weighted by atomic mass is 9.95. The highest BCUT2D eigenvalue weighted by Crippen LogP contribution is 2.50. The highest BCUT2D eigenvalue weighted by atomic mass is 31.2. The van der Waals surface area contributed by atoms with Gasteiger partial charge in [0.05, 0.1) is 11.8 Å². The van der Waals surface area contributed by atoms with Crippen molar-refractivity contribution in [1.82, 2.24) is 19.7 Å². The van der Waals surface area contributed by atoms with Crippen LogP contribution in [-0.4, -0.2) is 69.1 Å². The molecule has 3 aromatic rings. The molecule has 0 saturated carbocycles. The predicted molar refractivity (Wildman–Crippen MR) is 164 cm³/mol. The molecule has 47 heavy (non-hydrogen) atoms. The molecule has 1 aliphatic heterocycles. The first-order chi connectivity index (χ1) is 22.3. The number of aromatic nitrogens is 3. The molecule has 1 aliphatic rings. The van der Waals surface area contributed by atoms with Crippen LogP contribution in [0.2, 0.25) is 0 Å². The van der Waals surface area contributed by atoms with E-state index in [1.807, 2.05) is 6.07 Å². The van der Waals surface area contributed by atoms with Gasteiger partial charge in [0, 0.05) is 12.8 Å². The average molecular weight is 673 g/mol. The molecule has 6 atom stereocenters. The van der Waals surface area contributed by atoms with Crippen molar-refractivity contribution in [3.8, 4) is 11.8 Å².